The summed E-state index contributed by atoms with van der Waals surface area (Å²) in [5.74, 6) is 0.702. The number of rotatable bonds is 4. The maximum atomic E-state index is 12.7. The summed E-state index contributed by atoms with van der Waals surface area (Å²) in [5.41, 5.74) is 1.87. The van der Waals surface area contributed by atoms with Crippen molar-refractivity contribution in [3.63, 3.8) is 0 Å². The van der Waals surface area contributed by atoms with E-state index in [2.05, 4.69) is 9.97 Å². The Hall–Kier alpha value is -0.960. The van der Waals surface area contributed by atoms with E-state index in [9.17, 15) is 8.42 Å². The molecule has 1 aromatic rings. The van der Waals surface area contributed by atoms with Gasteiger partial charge in [0.15, 0.2) is 0 Å². The van der Waals surface area contributed by atoms with Crippen LogP contribution in [0.2, 0.25) is 0 Å². The third-order valence-corrected chi connectivity index (χ3v) is 6.54. The second-order valence-corrected chi connectivity index (χ2v) is 7.88. The molecule has 2 aliphatic heterocycles. The molecule has 1 N–H and O–H groups in total. The summed E-state index contributed by atoms with van der Waals surface area (Å²) in [5, 5.41) is -0.437. The van der Waals surface area contributed by atoms with Gasteiger partial charge in [-0.3, -0.25) is 0 Å². The summed E-state index contributed by atoms with van der Waals surface area (Å²) in [7, 11) is -1.76. The number of ether oxygens (including phenoxy) is 2. The largest absolute Gasteiger partial charge is 0.380 e. The third kappa shape index (κ3) is 2.50. The molecule has 2 atom stereocenters. The molecule has 2 aliphatic rings. The van der Waals surface area contributed by atoms with Gasteiger partial charge >= 0.3 is 0 Å². The Morgan fingerprint density at radius 1 is 1.38 bits per heavy atom. The zero-order valence-corrected chi connectivity index (χ0v) is 13.3. The first-order chi connectivity index (χ1) is 9.93. The summed E-state index contributed by atoms with van der Waals surface area (Å²) in [4.78, 5) is 7.68. The van der Waals surface area contributed by atoms with Crippen molar-refractivity contribution >= 4 is 10.0 Å². The minimum absolute atomic E-state index is 0.100. The summed E-state index contributed by atoms with van der Waals surface area (Å²) in [6.07, 6.45) is 0.520. The van der Waals surface area contributed by atoms with Gasteiger partial charge < -0.3 is 14.5 Å². The third-order valence-electron chi connectivity index (χ3n) is 4.37. The number of aryl methyl sites for hydroxylation is 2. The molecule has 0 aromatic carbocycles. The van der Waals surface area contributed by atoms with Crippen LogP contribution in [-0.2, 0) is 19.5 Å². The van der Waals surface area contributed by atoms with E-state index >= 15 is 0 Å². The van der Waals surface area contributed by atoms with Crippen molar-refractivity contribution in [3.8, 4) is 0 Å². The highest BCUT2D eigenvalue weighted by Gasteiger charge is 2.47. The lowest BCUT2D eigenvalue weighted by atomic mass is 10.2. The van der Waals surface area contributed by atoms with Crippen LogP contribution in [-0.4, -0.2) is 60.9 Å². The Balaban J connectivity index is 1.92. The molecular formula is C13H21N3O4S. The summed E-state index contributed by atoms with van der Waals surface area (Å²) < 4.78 is 37.4. The Labute approximate surface area is 124 Å². The van der Waals surface area contributed by atoms with E-state index in [1.807, 2.05) is 13.8 Å². The average molecular weight is 315 g/mol. The first-order valence-corrected chi connectivity index (χ1v) is 8.58. The molecule has 7 nitrogen and oxygen atoms in total. The molecule has 2 saturated heterocycles. The zero-order valence-electron chi connectivity index (χ0n) is 12.5. The van der Waals surface area contributed by atoms with Crippen molar-refractivity contribution in [2.24, 2.45) is 0 Å². The van der Waals surface area contributed by atoms with Crippen molar-refractivity contribution in [1.82, 2.24) is 14.3 Å². The summed E-state index contributed by atoms with van der Waals surface area (Å²) in [6.45, 7) is 4.78. The number of nitrogens with one attached hydrogen (secondary N) is 1. The highest BCUT2D eigenvalue weighted by molar-refractivity contribution is 7.89. The molecule has 0 amide bonds. The van der Waals surface area contributed by atoms with Crippen LogP contribution in [0, 0.1) is 13.8 Å². The van der Waals surface area contributed by atoms with Crippen LogP contribution in [0.4, 0.5) is 0 Å². The number of hydrogen-bond donors (Lipinski definition) is 1. The number of H-pyrrole nitrogens is 1. The standard InChI is InChI=1S/C13H21N3O4S/c1-8-9(2)15-13(14-8)12-4-10(19-3)5-16(12)21(17,18)11-6-20-7-11/h10-12H,4-7H2,1-3H3,(H,14,15)/t10-,12+/m1/s1. The van der Waals surface area contributed by atoms with Crippen molar-refractivity contribution in [2.45, 2.75) is 37.7 Å². The molecule has 0 saturated carbocycles. The number of sulfonamides is 1. The quantitative estimate of drug-likeness (QED) is 0.875. The molecule has 2 fully saturated rings. The van der Waals surface area contributed by atoms with Crippen LogP contribution < -0.4 is 0 Å². The molecule has 3 rings (SSSR count). The van der Waals surface area contributed by atoms with Gasteiger partial charge in [-0.05, 0) is 20.3 Å². The van der Waals surface area contributed by atoms with Gasteiger partial charge in [0.25, 0.3) is 0 Å². The molecule has 0 unspecified atom stereocenters. The minimum Gasteiger partial charge on any atom is -0.380 e. The van der Waals surface area contributed by atoms with E-state index in [0.717, 1.165) is 11.4 Å². The highest BCUT2D eigenvalue weighted by atomic mass is 32.2. The smallest absolute Gasteiger partial charge is 0.222 e. The maximum Gasteiger partial charge on any atom is 0.222 e. The van der Waals surface area contributed by atoms with Gasteiger partial charge in [-0.1, -0.05) is 0 Å². The Kier molecular flexibility index (Phi) is 3.81. The van der Waals surface area contributed by atoms with Gasteiger partial charge in [0.05, 0.1) is 31.1 Å². The molecule has 0 spiro atoms. The Morgan fingerprint density at radius 3 is 2.57 bits per heavy atom. The lowest BCUT2D eigenvalue weighted by molar-refractivity contribution is 0.0386. The second-order valence-electron chi connectivity index (χ2n) is 5.72. The molecule has 8 heteroatoms. The summed E-state index contributed by atoms with van der Waals surface area (Å²) in [6, 6.07) is -0.284. The molecule has 0 aliphatic carbocycles. The fraction of sp³-hybridized carbons (Fsp3) is 0.769. The number of nitrogens with zero attached hydrogens (tertiary/aromatic N) is 2. The monoisotopic (exact) mass is 315 g/mol. The predicted octanol–water partition coefficient (Wildman–Crippen LogP) is 0.517. The minimum atomic E-state index is -3.38. The predicted molar refractivity (Wildman–Crippen MR) is 76.4 cm³/mol. The number of aromatic nitrogens is 2. The molecular weight excluding hydrogens is 294 g/mol. The number of aromatic amines is 1. The number of hydrogen-bond acceptors (Lipinski definition) is 5. The topological polar surface area (TPSA) is 84.5 Å². The van der Waals surface area contributed by atoms with Gasteiger partial charge in [0.1, 0.15) is 11.1 Å². The molecule has 21 heavy (non-hydrogen) atoms. The zero-order chi connectivity index (χ0) is 15.2. The maximum absolute atomic E-state index is 12.7. The summed E-state index contributed by atoms with van der Waals surface area (Å²) >= 11 is 0. The highest BCUT2D eigenvalue weighted by Crippen LogP contribution is 2.36. The van der Waals surface area contributed by atoms with Gasteiger partial charge in [-0.25, -0.2) is 13.4 Å². The van der Waals surface area contributed by atoms with E-state index in [4.69, 9.17) is 9.47 Å². The molecule has 0 radical (unpaired) electrons. The Morgan fingerprint density at radius 2 is 2.10 bits per heavy atom. The van der Waals surface area contributed by atoms with Crippen molar-refractivity contribution in [3.05, 3.63) is 17.2 Å². The molecule has 118 valence electrons. The SMILES string of the molecule is CO[C@@H]1C[C@@H](c2nc(C)c(C)[nH]2)N(S(=O)(=O)C2COC2)C1. The van der Waals surface area contributed by atoms with E-state index in [1.54, 1.807) is 7.11 Å². The lowest BCUT2D eigenvalue weighted by Gasteiger charge is -2.32. The van der Waals surface area contributed by atoms with Crippen LogP contribution in [0.25, 0.3) is 0 Å². The lowest BCUT2D eigenvalue weighted by Crippen LogP contribution is -2.48. The van der Waals surface area contributed by atoms with Crippen molar-refractivity contribution < 1.29 is 17.9 Å². The first kappa shape index (κ1) is 15.0. The van der Waals surface area contributed by atoms with Crippen LogP contribution in [0.15, 0.2) is 0 Å². The van der Waals surface area contributed by atoms with E-state index in [-0.39, 0.29) is 25.4 Å². The van der Waals surface area contributed by atoms with Crippen LogP contribution in [0.5, 0.6) is 0 Å². The molecule has 1 aromatic heterocycles. The number of methoxy groups -OCH3 is 1. The molecule has 3 heterocycles. The van der Waals surface area contributed by atoms with Gasteiger partial charge in [-0.2, -0.15) is 4.31 Å². The number of imidazole rings is 1. The van der Waals surface area contributed by atoms with Crippen molar-refractivity contribution in [1.29, 1.82) is 0 Å². The Bertz CT molecular complexity index is 604. The first-order valence-electron chi connectivity index (χ1n) is 7.07. The average Bonchev–Trinajstić information content (AvgIpc) is 2.91. The van der Waals surface area contributed by atoms with Crippen LogP contribution in [0.1, 0.15) is 29.7 Å². The fourth-order valence-corrected chi connectivity index (χ4v) is 4.61. The van der Waals surface area contributed by atoms with Crippen LogP contribution >= 0.6 is 0 Å². The van der Waals surface area contributed by atoms with Gasteiger partial charge in [0.2, 0.25) is 10.0 Å². The van der Waals surface area contributed by atoms with E-state index in [0.29, 0.717) is 18.8 Å². The van der Waals surface area contributed by atoms with Crippen molar-refractivity contribution in [2.75, 3.05) is 26.9 Å². The van der Waals surface area contributed by atoms with Crippen LogP contribution in [0.3, 0.4) is 0 Å². The van der Waals surface area contributed by atoms with Gasteiger partial charge in [-0.15, -0.1) is 0 Å². The normalized spacial score (nSPS) is 28.0. The molecule has 0 bridgehead atoms. The van der Waals surface area contributed by atoms with Gasteiger partial charge in [0, 0.05) is 19.3 Å². The van der Waals surface area contributed by atoms with E-state index < -0.39 is 15.3 Å². The fourth-order valence-electron chi connectivity index (χ4n) is 2.78. The second kappa shape index (κ2) is 5.35. The van der Waals surface area contributed by atoms with E-state index in [1.165, 1.54) is 4.31 Å².